The molecule has 1 aromatic carbocycles. The zero-order valence-electron chi connectivity index (χ0n) is 11.9. The zero-order chi connectivity index (χ0) is 14.9. The second-order valence-electron chi connectivity index (χ2n) is 5.44. The molecule has 0 aliphatic heterocycles. The summed E-state index contributed by atoms with van der Waals surface area (Å²) in [4.78, 5) is 14.2. The molecule has 2 aromatic rings. The summed E-state index contributed by atoms with van der Waals surface area (Å²) in [5, 5.41) is 21.2. The van der Waals surface area contributed by atoms with Gasteiger partial charge in [0.25, 0.3) is 0 Å². The maximum Gasteiger partial charge on any atom is 0.412 e. The molecule has 2 rings (SSSR count). The van der Waals surface area contributed by atoms with Crippen molar-refractivity contribution >= 4 is 11.8 Å². The Hall–Kier alpha value is -2.44. The second-order valence-corrected chi connectivity index (χ2v) is 5.44. The van der Waals surface area contributed by atoms with E-state index in [4.69, 9.17) is 0 Å². The number of aryl methyl sites for hydroxylation is 1. The average Bonchev–Trinajstić information content (AvgIpc) is 2.74. The van der Waals surface area contributed by atoms with E-state index in [1.165, 1.54) is 9.70 Å². The van der Waals surface area contributed by atoms with Crippen molar-refractivity contribution in [2.75, 3.05) is 4.90 Å². The number of nitrogens with zero attached hydrogens (tertiary/aromatic N) is 5. The number of carboxylic acid groups (broad SMARTS) is 1. The molecule has 0 atom stereocenters. The summed E-state index contributed by atoms with van der Waals surface area (Å²) in [6.07, 6.45) is -0.998. The number of hydrogen-bond acceptors (Lipinski definition) is 4. The molecule has 0 bridgehead atoms. The van der Waals surface area contributed by atoms with E-state index in [0.717, 1.165) is 5.56 Å². The van der Waals surface area contributed by atoms with E-state index in [0.29, 0.717) is 11.5 Å². The number of amides is 1. The topological polar surface area (TPSA) is 84.1 Å². The summed E-state index contributed by atoms with van der Waals surface area (Å²) in [5.74, 6) is 0.466. The molecule has 0 spiro atoms. The first-order chi connectivity index (χ1) is 9.29. The Morgan fingerprint density at radius 2 is 2.05 bits per heavy atom. The minimum Gasteiger partial charge on any atom is -0.465 e. The third-order valence-electron chi connectivity index (χ3n) is 2.73. The van der Waals surface area contributed by atoms with Crippen LogP contribution in [-0.4, -0.2) is 36.9 Å². The van der Waals surface area contributed by atoms with E-state index in [9.17, 15) is 9.90 Å². The third-order valence-corrected chi connectivity index (χ3v) is 2.73. The molecule has 106 valence electrons. The van der Waals surface area contributed by atoms with Crippen LogP contribution in [0, 0.1) is 0 Å². The second kappa shape index (κ2) is 4.92. The van der Waals surface area contributed by atoms with Crippen LogP contribution in [0.5, 0.6) is 0 Å². The van der Waals surface area contributed by atoms with Crippen molar-refractivity contribution < 1.29 is 9.90 Å². The summed E-state index contributed by atoms with van der Waals surface area (Å²) in [7, 11) is 1.68. The van der Waals surface area contributed by atoms with Crippen LogP contribution >= 0.6 is 0 Å². The van der Waals surface area contributed by atoms with Crippen LogP contribution in [0.4, 0.5) is 10.5 Å². The van der Waals surface area contributed by atoms with E-state index in [-0.39, 0.29) is 0 Å². The van der Waals surface area contributed by atoms with E-state index >= 15 is 0 Å². The van der Waals surface area contributed by atoms with Gasteiger partial charge in [-0.2, -0.15) is 4.80 Å². The van der Waals surface area contributed by atoms with Gasteiger partial charge in [0.2, 0.25) is 5.82 Å². The van der Waals surface area contributed by atoms with Crippen molar-refractivity contribution in [1.82, 2.24) is 20.2 Å². The van der Waals surface area contributed by atoms with Gasteiger partial charge in [0.15, 0.2) is 0 Å². The molecule has 0 fully saturated rings. The van der Waals surface area contributed by atoms with Gasteiger partial charge in [0.1, 0.15) is 0 Å². The van der Waals surface area contributed by atoms with Crippen molar-refractivity contribution in [2.45, 2.75) is 26.3 Å². The lowest BCUT2D eigenvalue weighted by Gasteiger charge is -2.33. The van der Waals surface area contributed by atoms with Crippen LogP contribution in [0.1, 0.15) is 20.8 Å². The van der Waals surface area contributed by atoms with Gasteiger partial charge in [-0.1, -0.05) is 12.1 Å². The van der Waals surface area contributed by atoms with Crippen molar-refractivity contribution in [2.24, 2.45) is 7.05 Å². The molecule has 0 aliphatic rings. The van der Waals surface area contributed by atoms with Gasteiger partial charge < -0.3 is 5.11 Å². The molecule has 0 unspecified atom stereocenters. The Morgan fingerprint density at radius 3 is 2.55 bits per heavy atom. The molecule has 7 heteroatoms. The minimum atomic E-state index is -0.998. The highest BCUT2D eigenvalue weighted by Gasteiger charge is 2.28. The van der Waals surface area contributed by atoms with Crippen molar-refractivity contribution in [1.29, 1.82) is 0 Å². The summed E-state index contributed by atoms with van der Waals surface area (Å²) in [6.45, 7) is 5.52. The van der Waals surface area contributed by atoms with Crippen molar-refractivity contribution in [3.8, 4) is 11.4 Å². The predicted molar refractivity (Wildman–Crippen MR) is 74.5 cm³/mol. The number of benzene rings is 1. The lowest BCUT2D eigenvalue weighted by Crippen LogP contribution is -2.45. The number of hydrogen-bond donors (Lipinski definition) is 1. The molecule has 1 heterocycles. The van der Waals surface area contributed by atoms with E-state index in [1.807, 2.05) is 26.8 Å². The average molecular weight is 275 g/mol. The highest BCUT2D eigenvalue weighted by Crippen LogP contribution is 2.27. The Kier molecular flexibility index (Phi) is 3.44. The smallest absolute Gasteiger partial charge is 0.412 e. The van der Waals surface area contributed by atoms with Crippen LogP contribution in [0.15, 0.2) is 24.3 Å². The molecule has 1 N–H and O–H groups in total. The molecule has 1 aromatic heterocycles. The molecule has 0 radical (unpaired) electrons. The van der Waals surface area contributed by atoms with E-state index in [2.05, 4.69) is 15.4 Å². The fourth-order valence-corrected chi connectivity index (χ4v) is 1.97. The molecule has 1 amide bonds. The van der Waals surface area contributed by atoms with E-state index in [1.54, 1.807) is 25.2 Å². The molecule has 0 saturated heterocycles. The first kappa shape index (κ1) is 14.0. The lowest BCUT2D eigenvalue weighted by atomic mass is 10.0. The predicted octanol–water partition coefficient (Wildman–Crippen LogP) is 2.16. The summed E-state index contributed by atoms with van der Waals surface area (Å²) in [5.41, 5.74) is 0.765. The Bertz CT molecular complexity index is 630. The molecular formula is C13H17N5O2. The Morgan fingerprint density at radius 1 is 1.35 bits per heavy atom. The van der Waals surface area contributed by atoms with Gasteiger partial charge in [-0.3, -0.25) is 4.90 Å². The van der Waals surface area contributed by atoms with Crippen LogP contribution in [0.3, 0.4) is 0 Å². The van der Waals surface area contributed by atoms with Gasteiger partial charge in [-0.25, -0.2) is 4.79 Å². The first-order valence-corrected chi connectivity index (χ1v) is 6.16. The van der Waals surface area contributed by atoms with Gasteiger partial charge in [-0.15, -0.1) is 10.2 Å². The van der Waals surface area contributed by atoms with Gasteiger partial charge in [0.05, 0.1) is 7.05 Å². The first-order valence-electron chi connectivity index (χ1n) is 6.16. The lowest BCUT2D eigenvalue weighted by molar-refractivity contribution is 0.195. The maximum atomic E-state index is 11.5. The number of carbonyl (C=O) groups is 1. The summed E-state index contributed by atoms with van der Waals surface area (Å²) < 4.78 is 0. The van der Waals surface area contributed by atoms with Gasteiger partial charge in [0, 0.05) is 16.8 Å². The highest BCUT2D eigenvalue weighted by atomic mass is 16.4. The van der Waals surface area contributed by atoms with E-state index < -0.39 is 11.6 Å². The Labute approximate surface area is 116 Å². The fraction of sp³-hybridized carbons (Fsp3) is 0.385. The maximum absolute atomic E-state index is 11.5. The van der Waals surface area contributed by atoms with Crippen LogP contribution in [0.2, 0.25) is 0 Å². The highest BCUT2D eigenvalue weighted by molar-refractivity contribution is 5.88. The quantitative estimate of drug-likeness (QED) is 0.907. The van der Waals surface area contributed by atoms with Crippen LogP contribution < -0.4 is 4.90 Å². The number of rotatable bonds is 2. The fourth-order valence-electron chi connectivity index (χ4n) is 1.97. The monoisotopic (exact) mass is 275 g/mol. The van der Waals surface area contributed by atoms with Crippen LogP contribution in [-0.2, 0) is 7.05 Å². The zero-order valence-corrected chi connectivity index (χ0v) is 11.9. The number of tetrazole rings is 1. The standard InChI is InChI=1S/C13H17N5O2/c1-13(2,3)18(12(19)20)10-7-5-6-9(8-10)11-14-16-17(4)15-11/h5-8H,1-4H3,(H,19,20). The molecule has 20 heavy (non-hydrogen) atoms. The minimum absolute atomic E-state index is 0.466. The largest absolute Gasteiger partial charge is 0.465 e. The Balaban J connectivity index is 2.46. The third kappa shape index (κ3) is 2.76. The number of anilines is 1. The normalized spacial score (nSPS) is 11.4. The molecule has 0 saturated carbocycles. The molecule has 0 aliphatic carbocycles. The van der Waals surface area contributed by atoms with Gasteiger partial charge in [-0.05, 0) is 38.1 Å². The molecular weight excluding hydrogens is 258 g/mol. The summed E-state index contributed by atoms with van der Waals surface area (Å²) in [6, 6.07) is 7.10. The number of aromatic nitrogens is 4. The van der Waals surface area contributed by atoms with Crippen molar-refractivity contribution in [3.05, 3.63) is 24.3 Å². The molecule has 7 nitrogen and oxygen atoms in total. The SMILES string of the molecule is Cn1nnc(-c2cccc(N(C(=O)O)C(C)(C)C)c2)n1. The van der Waals surface area contributed by atoms with Gasteiger partial charge >= 0.3 is 6.09 Å². The van der Waals surface area contributed by atoms with Crippen LogP contribution in [0.25, 0.3) is 11.4 Å². The summed E-state index contributed by atoms with van der Waals surface area (Å²) >= 11 is 0. The van der Waals surface area contributed by atoms with Crippen molar-refractivity contribution in [3.63, 3.8) is 0 Å².